The fourth-order valence-electron chi connectivity index (χ4n) is 4.24. The number of unbranched alkanes of at least 4 members (excludes halogenated alkanes) is 1. The summed E-state index contributed by atoms with van der Waals surface area (Å²) >= 11 is 6.61. The maximum Gasteiger partial charge on any atom is 0.163 e. The van der Waals surface area contributed by atoms with Crippen LogP contribution in [0, 0.1) is 12.7 Å². The topological polar surface area (TPSA) is 48.0 Å². The van der Waals surface area contributed by atoms with Crippen LogP contribution in [0.1, 0.15) is 46.8 Å². The second-order valence-corrected chi connectivity index (χ2v) is 8.73. The van der Waals surface area contributed by atoms with Gasteiger partial charge in [0.25, 0.3) is 0 Å². The van der Waals surface area contributed by atoms with Crippen molar-refractivity contribution in [2.45, 2.75) is 39.5 Å². The maximum absolute atomic E-state index is 13.1. The van der Waals surface area contributed by atoms with Crippen LogP contribution in [0.15, 0.2) is 24.3 Å². The molecule has 3 rings (SSSR count). The van der Waals surface area contributed by atoms with E-state index in [1.54, 1.807) is 7.11 Å². The first-order chi connectivity index (χ1) is 15.9. The Bertz CT molecular complexity index is 943. The largest absolute Gasteiger partial charge is 0.495 e. The van der Waals surface area contributed by atoms with Crippen LogP contribution >= 0.6 is 11.6 Å². The lowest BCUT2D eigenvalue weighted by atomic mass is 9.95. The molecule has 0 N–H and O–H groups in total. The third-order valence-electron chi connectivity index (χ3n) is 6.05. The lowest BCUT2D eigenvalue weighted by Gasteiger charge is -2.27. The van der Waals surface area contributed by atoms with E-state index in [0.717, 1.165) is 63.2 Å². The molecule has 1 aliphatic rings. The summed E-state index contributed by atoms with van der Waals surface area (Å²) in [6, 6.07) is 6.59. The lowest BCUT2D eigenvalue weighted by Crippen LogP contribution is -2.38. The van der Waals surface area contributed by atoms with E-state index in [-0.39, 0.29) is 11.6 Å². The number of rotatable bonds is 11. The van der Waals surface area contributed by atoms with Gasteiger partial charge in [0.2, 0.25) is 0 Å². The van der Waals surface area contributed by atoms with Gasteiger partial charge in [0.15, 0.2) is 5.78 Å². The van der Waals surface area contributed by atoms with Crippen molar-refractivity contribution in [3.63, 3.8) is 0 Å². The maximum atomic E-state index is 13.1. The summed E-state index contributed by atoms with van der Waals surface area (Å²) in [6.45, 7) is 7.80. The number of aryl methyl sites for hydroxylation is 1. The summed E-state index contributed by atoms with van der Waals surface area (Å²) in [6.07, 6.45) is 3.26. The fourth-order valence-corrected chi connectivity index (χ4v) is 4.53. The average Bonchev–Trinajstić information content (AvgIpc) is 2.81. The van der Waals surface area contributed by atoms with Gasteiger partial charge < -0.3 is 14.2 Å². The highest BCUT2D eigenvalue weighted by molar-refractivity contribution is 6.33. The van der Waals surface area contributed by atoms with Crippen molar-refractivity contribution in [2.24, 2.45) is 0 Å². The number of halogens is 2. The summed E-state index contributed by atoms with van der Waals surface area (Å²) in [7, 11) is 1.59. The molecule has 0 aliphatic carbocycles. The zero-order chi connectivity index (χ0) is 23.8. The van der Waals surface area contributed by atoms with Gasteiger partial charge in [-0.2, -0.15) is 0 Å². The summed E-state index contributed by atoms with van der Waals surface area (Å²) in [5.74, 6) is 0.845. The van der Waals surface area contributed by atoms with Crippen molar-refractivity contribution < 1.29 is 23.4 Å². The van der Waals surface area contributed by atoms with Crippen LogP contribution in [0.25, 0.3) is 0 Å². The number of hydrogen-bond donors (Lipinski definition) is 0. The van der Waals surface area contributed by atoms with E-state index in [2.05, 4.69) is 4.90 Å². The molecule has 0 unspecified atom stereocenters. The minimum Gasteiger partial charge on any atom is -0.495 e. The number of nitrogens with zero attached hydrogens (tertiary/aromatic N) is 1. The molecule has 7 heteroatoms. The van der Waals surface area contributed by atoms with Gasteiger partial charge in [-0.25, -0.2) is 4.39 Å². The number of ketones is 1. The summed E-state index contributed by atoms with van der Waals surface area (Å²) in [5.41, 5.74) is 3.13. The molecule has 1 aliphatic heterocycles. The molecule has 0 spiro atoms. The van der Waals surface area contributed by atoms with Gasteiger partial charge in [-0.1, -0.05) is 23.7 Å². The van der Waals surface area contributed by atoms with E-state index in [1.807, 2.05) is 19.1 Å². The Morgan fingerprint density at radius 1 is 1.12 bits per heavy atom. The van der Waals surface area contributed by atoms with Gasteiger partial charge in [-0.15, -0.1) is 0 Å². The molecule has 1 saturated heterocycles. The second-order valence-electron chi connectivity index (χ2n) is 8.35. The zero-order valence-electron chi connectivity index (χ0n) is 19.7. The smallest absolute Gasteiger partial charge is 0.163 e. The molecule has 2 aromatic rings. The Morgan fingerprint density at radius 3 is 2.42 bits per heavy atom. The number of Topliss-reactive ketones (excluding diaryl/α,β-unsaturated/α-hetero) is 1. The van der Waals surface area contributed by atoms with Crippen molar-refractivity contribution >= 4 is 17.4 Å². The first kappa shape index (κ1) is 25.5. The Labute approximate surface area is 200 Å². The van der Waals surface area contributed by atoms with Crippen LogP contribution < -0.4 is 9.47 Å². The van der Waals surface area contributed by atoms with E-state index in [9.17, 15) is 9.18 Å². The quantitative estimate of drug-likeness (QED) is 0.325. The molecule has 1 fully saturated rings. The Balaban J connectivity index is 1.77. The van der Waals surface area contributed by atoms with Crippen LogP contribution in [0.4, 0.5) is 4.39 Å². The summed E-state index contributed by atoms with van der Waals surface area (Å²) in [5, 5.41) is 0.455. The van der Waals surface area contributed by atoms with Crippen molar-refractivity contribution in [2.75, 3.05) is 46.6 Å². The van der Waals surface area contributed by atoms with Crippen molar-refractivity contribution in [3.8, 4) is 11.5 Å². The van der Waals surface area contributed by atoms with Crippen molar-refractivity contribution in [3.05, 3.63) is 57.4 Å². The Hall–Kier alpha value is -2.15. The van der Waals surface area contributed by atoms with E-state index in [0.29, 0.717) is 40.7 Å². The van der Waals surface area contributed by atoms with Gasteiger partial charge in [0, 0.05) is 25.2 Å². The SMILES string of the molecule is COc1c(Cl)c(C)c(C(C)=O)c(OCCN2CCOCC2)c1CCCCc1ccc(F)cc1. The third-order valence-corrected chi connectivity index (χ3v) is 6.50. The Kier molecular flexibility index (Phi) is 9.53. The highest BCUT2D eigenvalue weighted by Crippen LogP contribution is 2.43. The van der Waals surface area contributed by atoms with Crippen molar-refractivity contribution in [1.29, 1.82) is 0 Å². The summed E-state index contributed by atoms with van der Waals surface area (Å²) < 4.78 is 30.5. The van der Waals surface area contributed by atoms with Crippen molar-refractivity contribution in [1.82, 2.24) is 4.90 Å². The Morgan fingerprint density at radius 2 is 1.79 bits per heavy atom. The molecule has 1 heterocycles. The second kappa shape index (κ2) is 12.4. The zero-order valence-corrected chi connectivity index (χ0v) is 20.5. The van der Waals surface area contributed by atoms with E-state index in [4.69, 9.17) is 25.8 Å². The van der Waals surface area contributed by atoms with Gasteiger partial charge in [-0.05, 0) is 62.8 Å². The molecule has 0 amide bonds. The molecule has 0 bridgehead atoms. The molecule has 33 heavy (non-hydrogen) atoms. The van der Waals surface area contributed by atoms with Crippen LogP contribution in [-0.2, 0) is 17.6 Å². The molecule has 180 valence electrons. The molecule has 5 nitrogen and oxygen atoms in total. The highest BCUT2D eigenvalue weighted by Gasteiger charge is 2.25. The number of carbonyl (C=O) groups is 1. The van der Waals surface area contributed by atoms with Gasteiger partial charge >= 0.3 is 0 Å². The lowest BCUT2D eigenvalue weighted by molar-refractivity contribution is 0.0321. The third kappa shape index (κ3) is 6.69. The van der Waals surface area contributed by atoms with Gasteiger partial charge in [-0.3, -0.25) is 9.69 Å². The van der Waals surface area contributed by atoms with Crippen LogP contribution in [0.5, 0.6) is 11.5 Å². The predicted molar refractivity (Wildman–Crippen MR) is 129 cm³/mol. The molecule has 0 atom stereocenters. The molecular formula is C26H33ClFNO4. The average molecular weight is 478 g/mol. The van der Waals surface area contributed by atoms with Crippen LogP contribution in [-0.4, -0.2) is 57.2 Å². The molecule has 0 saturated carbocycles. The number of methoxy groups -OCH3 is 1. The van der Waals surface area contributed by atoms with Gasteiger partial charge in [0.05, 0.1) is 30.9 Å². The van der Waals surface area contributed by atoms with Crippen LogP contribution in [0.2, 0.25) is 5.02 Å². The van der Waals surface area contributed by atoms with E-state index >= 15 is 0 Å². The number of morpholine rings is 1. The molecule has 0 radical (unpaired) electrons. The monoisotopic (exact) mass is 477 g/mol. The van der Waals surface area contributed by atoms with E-state index in [1.165, 1.54) is 19.1 Å². The number of hydrogen-bond acceptors (Lipinski definition) is 5. The van der Waals surface area contributed by atoms with Crippen LogP contribution in [0.3, 0.4) is 0 Å². The molecule has 2 aromatic carbocycles. The molecular weight excluding hydrogens is 445 g/mol. The van der Waals surface area contributed by atoms with E-state index < -0.39 is 0 Å². The number of carbonyl (C=O) groups excluding carboxylic acids is 1. The summed E-state index contributed by atoms with van der Waals surface area (Å²) in [4.78, 5) is 14.9. The van der Waals surface area contributed by atoms with Gasteiger partial charge in [0.1, 0.15) is 23.9 Å². The minimum absolute atomic E-state index is 0.0778. The number of benzene rings is 2. The molecule has 0 aromatic heterocycles. The normalized spacial score (nSPS) is 14.3. The first-order valence-corrected chi connectivity index (χ1v) is 11.9. The predicted octanol–water partition coefficient (Wildman–Crippen LogP) is 5.28. The highest BCUT2D eigenvalue weighted by atomic mass is 35.5. The minimum atomic E-state index is -0.228. The fraction of sp³-hybridized carbons (Fsp3) is 0.500. The first-order valence-electron chi connectivity index (χ1n) is 11.5. The standard InChI is InChI=1S/C26H33ClFNO4/c1-18-23(19(2)30)25(33-17-14-29-12-15-32-16-13-29)22(26(31-3)24(18)27)7-5-4-6-20-8-10-21(28)11-9-20/h8-11H,4-7,12-17H2,1-3H3. The number of ether oxygens (including phenoxy) is 3.